The quantitative estimate of drug-likeness (QED) is 0.812. The maximum Gasteiger partial charge on any atom is 0.573 e. The number of carbonyl (C=O) groups is 1. The summed E-state index contributed by atoms with van der Waals surface area (Å²) in [5.41, 5.74) is 0.343. The summed E-state index contributed by atoms with van der Waals surface area (Å²) in [6.07, 6.45) is -3.69. The number of hydrogen-bond acceptors (Lipinski definition) is 7. The van der Waals surface area contributed by atoms with Crippen molar-refractivity contribution >= 4 is 32.3 Å². The van der Waals surface area contributed by atoms with Gasteiger partial charge in [0.05, 0.1) is 5.25 Å². The van der Waals surface area contributed by atoms with Crippen molar-refractivity contribution in [2.45, 2.75) is 11.6 Å². The lowest BCUT2D eigenvalue weighted by atomic mass is 10.2. The predicted molar refractivity (Wildman–Crippen MR) is 91.3 cm³/mol. The van der Waals surface area contributed by atoms with Crippen LogP contribution < -0.4 is 10.1 Å². The number of halogens is 3. The molecule has 27 heavy (non-hydrogen) atoms. The van der Waals surface area contributed by atoms with E-state index in [0.29, 0.717) is 5.56 Å². The molecule has 0 saturated carbocycles. The van der Waals surface area contributed by atoms with Crippen LogP contribution in [0, 0.1) is 0 Å². The molecule has 2 aromatic rings. The van der Waals surface area contributed by atoms with Crippen LogP contribution in [0.25, 0.3) is 10.6 Å². The number of ether oxygens (including phenoxy) is 1. The second kappa shape index (κ2) is 6.96. The van der Waals surface area contributed by atoms with E-state index in [4.69, 9.17) is 0 Å². The molecule has 1 aromatic heterocycles. The minimum Gasteiger partial charge on any atom is -0.406 e. The zero-order valence-electron chi connectivity index (χ0n) is 13.7. The Balaban J connectivity index is 1.64. The number of urea groups is 1. The molecule has 1 aliphatic rings. The summed E-state index contributed by atoms with van der Waals surface area (Å²) >= 11 is 0.963. The van der Waals surface area contributed by atoms with Gasteiger partial charge in [-0.2, -0.15) is 0 Å². The van der Waals surface area contributed by atoms with Crippen molar-refractivity contribution < 1.29 is 31.1 Å². The average molecular weight is 422 g/mol. The van der Waals surface area contributed by atoms with Gasteiger partial charge in [-0.1, -0.05) is 23.5 Å². The van der Waals surface area contributed by atoms with Crippen LogP contribution >= 0.6 is 11.3 Å². The highest BCUT2D eigenvalue weighted by Crippen LogP contribution is 2.31. The molecule has 2 amide bonds. The van der Waals surface area contributed by atoms with Gasteiger partial charge in [0.15, 0.2) is 9.84 Å². The van der Waals surface area contributed by atoms with Gasteiger partial charge in [0.1, 0.15) is 10.8 Å². The molecule has 0 radical (unpaired) electrons. The fraction of sp³-hybridized carbons (Fsp3) is 0.357. The number of sulfone groups is 1. The minimum atomic E-state index is -4.81. The number of rotatable bonds is 4. The summed E-state index contributed by atoms with van der Waals surface area (Å²) in [4.78, 5) is 13.3. The largest absolute Gasteiger partial charge is 0.573 e. The molecular formula is C14H13F3N4O4S2. The van der Waals surface area contributed by atoms with Gasteiger partial charge >= 0.3 is 12.4 Å². The molecule has 3 rings (SSSR count). The summed E-state index contributed by atoms with van der Waals surface area (Å²) in [7, 11) is -3.19. The highest BCUT2D eigenvalue weighted by molar-refractivity contribution is 7.91. The van der Waals surface area contributed by atoms with Gasteiger partial charge in [0.2, 0.25) is 5.13 Å². The van der Waals surface area contributed by atoms with Gasteiger partial charge in [-0.05, 0) is 12.1 Å². The number of nitrogens with one attached hydrogen (secondary N) is 1. The molecule has 1 aliphatic heterocycles. The molecule has 13 heteroatoms. The van der Waals surface area contributed by atoms with Gasteiger partial charge in [-0.25, -0.2) is 13.2 Å². The number of nitrogens with zero attached hydrogens (tertiary/aromatic N) is 3. The normalized spacial score (nSPS) is 15.3. The number of amides is 2. The van der Waals surface area contributed by atoms with Crippen LogP contribution in [0.2, 0.25) is 0 Å². The van der Waals surface area contributed by atoms with Gasteiger partial charge in [-0.3, -0.25) is 5.32 Å². The molecule has 0 aliphatic carbocycles. The van der Waals surface area contributed by atoms with E-state index in [1.54, 1.807) is 0 Å². The first-order valence-electron chi connectivity index (χ1n) is 7.46. The minimum absolute atomic E-state index is 0.0904. The first kappa shape index (κ1) is 19.4. The molecule has 0 spiro atoms. The third-order valence-corrected chi connectivity index (χ3v) is 6.09. The van der Waals surface area contributed by atoms with Crippen LogP contribution in [0.4, 0.5) is 23.1 Å². The van der Waals surface area contributed by atoms with Crippen LogP contribution in [0.5, 0.6) is 5.75 Å². The topological polar surface area (TPSA) is 101 Å². The average Bonchev–Trinajstić information content (AvgIpc) is 2.91. The monoisotopic (exact) mass is 422 g/mol. The van der Waals surface area contributed by atoms with Crippen LogP contribution in [0.15, 0.2) is 24.3 Å². The number of carbonyl (C=O) groups excluding carboxylic acids is 1. The van der Waals surface area contributed by atoms with Crippen LogP contribution in [-0.4, -0.2) is 60.5 Å². The highest BCUT2D eigenvalue weighted by atomic mass is 32.2. The van der Waals surface area contributed by atoms with E-state index >= 15 is 0 Å². The lowest BCUT2D eigenvalue weighted by molar-refractivity contribution is -0.274. The molecule has 1 fully saturated rings. The second-order valence-corrected chi connectivity index (χ2v) is 9.08. The van der Waals surface area contributed by atoms with E-state index < -0.39 is 33.2 Å². The van der Waals surface area contributed by atoms with Crippen LogP contribution in [0.1, 0.15) is 0 Å². The Morgan fingerprint density at radius 2 is 2.04 bits per heavy atom. The van der Waals surface area contributed by atoms with Crippen molar-refractivity contribution in [1.82, 2.24) is 15.1 Å². The molecule has 2 heterocycles. The highest BCUT2D eigenvalue weighted by Gasteiger charge is 2.37. The lowest BCUT2D eigenvalue weighted by Crippen LogP contribution is -2.57. The van der Waals surface area contributed by atoms with E-state index in [1.807, 2.05) is 0 Å². The van der Waals surface area contributed by atoms with E-state index in [0.717, 1.165) is 29.7 Å². The zero-order chi connectivity index (χ0) is 19.8. The van der Waals surface area contributed by atoms with E-state index in [1.165, 1.54) is 17.0 Å². The zero-order valence-corrected chi connectivity index (χ0v) is 15.4. The summed E-state index contributed by atoms with van der Waals surface area (Å²) in [6.45, 7) is 0.181. The fourth-order valence-corrected chi connectivity index (χ4v) is 3.89. The first-order chi connectivity index (χ1) is 12.5. The Hall–Kier alpha value is -2.41. The van der Waals surface area contributed by atoms with E-state index in [9.17, 15) is 26.4 Å². The Morgan fingerprint density at radius 3 is 2.67 bits per heavy atom. The summed E-state index contributed by atoms with van der Waals surface area (Å²) in [5, 5.41) is 9.94. The number of anilines is 1. The van der Waals surface area contributed by atoms with E-state index in [2.05, 4.69) is 20.3 Å². The standard InChI is InChI=1S/C14H13F3N4O4S2/c1-27(23,24)10-6-21(7-10)13(22)18-12-20-19-11(26-12)8-3-2-4-9(5-8)25-14(15,16)17/h2-5,10H,6-7H2,1H3,(H,18,20,22). The molecule has 0 bridgehead atoms. The van der Waals surface area contributed by atoms with Gasteiger partial charge in [0.25, 0.3) is 0 Å². The molecule has 0 atom stereocenters. The third-order valence-electron chi connectivity index (χ3n) is 3.69. The predicted octanol–water partition coefficient (Wildman–Crippen LogP) is 2.36. The molecule has 146 valence electrons. The van der Waals surface area contributed by atoms with Crippen molar-refractivity contribution in [2.75, 3.05) is 24.7 Å². The van der Waals surface area contributed by atoms with Crippen molar-refractivity contribution in [2.24, 2.45) is 0 Å². The van der Waals surface area contributed by atoms with Gasteiger partial charge < -0.3 is 9.64 Å². The van der Waals surface area contributed by atoms with Gasteiger partial charge in [-0.15, -0.1) is 23.4 Å². The Bertz CT molecular complexity index is 955. The maximum absolute atomic E-state index is 12.3. The number of aromatic nitrogens is 2. The van der Waals surface area contributed by atoms with Gasteiger partial charge in [0, 0.05) is 24.9 Å². The summed E-state index contributed by atoms with van der Waals surface area (Å²) in [6, 6.07) is 4.70. The van der Waals surface area contributed by atoms with Crippen molar-refractivity contribution in [3.05, 3.63) is 24.3 Å². The van der Waals surface area contributed by atoms with Crippen molar-refractivity contribution in [3.63, 3.8) is 0 Å². The second-order valence-electron chi connectivity index (χ2n) is 5.77. The maximum atomic E-state index is 12.3. The number of alkyl halides is 3. The Morgan fingerprint density at radius 1 is 1.33 bits per heavy atom. The SMILES string of the molecule is CS(=O)(=O)C1CN(C(=O)Nc2nnc(-c3cccc(OC(F)(F)F)c3)s2)C1. The number of hydrogen-bond donors (Lipinski definition) is 1. The molecular weight excluding hydrogens is 409 g/mol. The lowest BCUT2D eigenvalue weighted by Gasteiger charge is -2.37. The number of likely N-dealkylation sites (tertiary alicyclic amines) is 1. The van der Waals surface area contributed by atoms with Crippen molar-refractivity contribution in [3.8, 4) is 16.3 Å². The smallest absolute Gasteiger partial charge is 0.406 e. The molecule has 1 N–H and O–H groups in total. The van der Waals surface area contributed by atoms with Crippen LogP contribution in [0.3, 0.4) is 0 Å². The number of benzene rings is 1. The molecule has 1 saturated heterocycles. The molecule has 8 nitrogen and oxygen atoms in total. The van der Waals surface area contributed by atoms with Crippen LogP contribution in [-0.2, 0) is 9.84 Å². The summed E-state index contributed by atoms with van der Waals surface area (Å²) in [5.74, 6) is -0.395. The Labute approximate surface area is 155 Å². The molecule has 1 aromatic carbocycles. The van der Waals surface area contributed by atoms with Crippen molar-refractivity contribution in [1.29, 1.82) is 0 Å². The Kier molecular flexibility index (Phi) is 4.99. The van der Waals surface area contributed by atoms with E-state index in [-0.39, 0.29) is 23.2 Å². The third kappa shape index (κ3) is 4.86. The fourth-order valence-electron chi connectivity index (χ4n) is 2.26. The molecule has 0 unspecified atom stereocenters. The summed E-state index contributed by atoms with van der Waals surface area (Å²) < 4.78 is 63.5. The first-order valence-corrected chi connectivity index (χ1v) is 10.2.